The molecule has 1 heterocycles. The Balaban J connectivity index is 1.52. The number of halogens is 1. The van der Waals surface area contributed by atoms with Crippen LogP contribution in [0.15, 0.2) is 36.0 Å². The van der Waals surface area contributed by atoms with Crippen molar-refractivity contribution >= 4 is 29.1 Å². The predicted octanol–water partition coefficient (Wildman–Crippen LogP) is 4.95. The number of piperidine rings is 1. The van der Waals surface area contributed by atoms with Crippen LogP contribution >= 0.6 is 11.6 Å². The molecule has 1 aliphatic heterocycles. The third-order valence-corrected chi connectivity index (χ3v) is 8.78. The van der Waals surface area contributed by atoms with E-state index >= 15 is 0 Å². The van der Waals surface area contributed by atoms with E-state index in [2.05, 4.69) is 13.0 Å². The van der Waals surface area contributed by atoms with Gasteiger partial charge >= 0.3 is 0 Å². The number of nitrogens with zero attached hydrogens (tertiary/aromatic N) is 1. The number of carbonyl (C=O) groups is 3. The molecular formula is C25H28ClNO3. The van der Waals surface area contributed by atoms with Crippen LogP contribution in [-0.4, -0.2) is 22.4 Å². The van der Waals surface area contributed by atoms with Crippen LogP contribution in [0, 0.1) is 28.6 Å². The van der Waals surface area contributed by atoms with Gasteiger partial charge in [-0.2, -0.15) is 0 Å². The van der Waals surface area contributed by atoms with E-state index in [0.29, 0.717) is 37.3 Å². The highest BCUT2D eigenvalue weighted by molar-refractivity contribution is 6.30. The first-order valence-electron chi connectivity index (χ1n) is 11.1. The van der Waals surface area contributed by atoms with Crippen LogP contribution in [0.1, 0.15) is 57.9 Å². The highest BCUT2D eigenvalue weighted by atomic mass is 35.5. The van der Waals surface area contributed by atoms with Crippen molar-refractivity contribution in [3.05, 3.63) is 46.6 Å². The summed E-state index contributed by atoms with van der Waals surface area (Å²) >= 11 is 6.02. The lowest BCUT2D eigenvalue weighted by Gasteiger charge is -2.56. The molecule has 0 bridgehead atoms. The minimum atomic E-state index is -0.479. The van der Waals surface area contributed by atoms with Gasteiger partial charge in [-0.05, 0) is 48.8 Å². The second-order valence-electron chi connectivity index (χ2n) is 10.1. The molecule has 4 aliphatic rings. The zero-order valence-corrected chi connectivity index (χ0v) is 18.4. The number of rotatable bonds is 2. The van der Waals surface area contributed by atoms with Gasteiger partial charge in [0.15, 0.2) is 0 Å². The molecule has 1 aromatic rings. The van der Waals surface area contributed by atoms with E-state index in [1.54, 1.807) is 0 Å². The standard InChI is InChI=1S/C25H28ClNO3/c1-24-12-11-22(30)27(14-15-3-5-16(26)6-4-15)20(24)9-7-17-18-8-10-21(29)25(18,2)13-19(28)23(17)24/h3-6,9,17-18,23H,7-8,10-14H2,1-2H3/t17-,18-,23+,24-,25-/m0/s1. The smallest absolute Gasteiger partial charge is 0.227 e. The summed E-state index contributed by atoms with van der Waals surface area (Å²) in [5.41, 5.74) is 1.22. The predicted molar refractivity (Wildman–Crippen MR) is 114 cm³/mol. The Labute approximate surface area is 182 Å². The Kier molecular flexibility index (Phi) is 4.52. The van der Waals surface area contributed by atoms with E-state index in [1.165, 1.54) is 0 Å². The van der Waals surface area contributed by atoms with Gasteiger partial charge in [-0.25, -0.2) is 0 Å². The molecule has 1 saturated heterocycles. The minimum absolute atomic E-state index is 0.0951. The van der Waals surface area contributed by atoms with Crippen LogP contribution in [0.4, 0.5) is 0 Å². The van der Waals surface area contributed by atoms with E-state index in [1.807, 2.05) is 36.1 Å². The highest BCUT2D eigenvalue weighted by Gasteiger charge is 2.62. The molecule has 30 heavy (non-hydrogen) atoms. The summed E-state index contributed by atoms with van der Waals surface area (Å²) in [7, 11) is 0. The van der Waals surface area contributed by atoms with Crippen molar-refractivity contribution in [1.82, 2.24) is 4.90 Å². The Morgan fingerprint density at radius 1 is 1.07 bits per heavy atom. The summed E-state index contributed by atoms with van der Waals surface area (Å²) in [6, 6.07) is 7.60. The fourth-order valence-corrected chi connectivity index (χ4v) is 7.13. The van der Waals surface area contributed by atoms with Crippen molar-refractivity contribution in [1.29, 1.82) is 0 Å². The van der Waals surface area contributed by atoms with E-state index in [9.17, 15) is 14.4 Å². The molecule has 0 spiro atoms. The van der Waals surface area contributed by atoms with Crippen molar-refractivity contribution in [2.24, 2.45) is 28.6 Å². The molecule has 5 atom stereocenters. The molecule has 3 aliphatic carbocycles. The van der Waals surface area contributed by atoms with Gasteiger partial charge in [0.1, 0.15) is 11.6 Å². The van der Waals surface area contributed by atoms with Crippen molar-refractivity contribution in [3.63, 3.8) is 0 Å². The fraction of sp³-hybridized carbons (Fsp3) is 0.560. The van der Waals surface area contributed by atoms with Crippen LogP contribution in [0.25, 0.3) is 0 Å². The Morgan fingerprint density at radius 2 is 1.80 bits per heavy atom. The summed E-state index contributed by atoms with van der Waals surface area (Å²) in [6.07, 6.45) is 6.02. The highest BCUT2D eigenvalue weighted by Crippen LogP contribution is 2.62. The lowest BCUT2D eigenvalue weighted by molar-refractivity contribution is -0.152. The topological polar surface area (TPSA) is 54.5 Å². The number of ketones is 2. The van der Waals surface area contributed by atoms with Gasteiger partial charge in [0.25, 0.3) is 0 Å². The first-order chi connectivity index (χ1) is 14.2. The normalized spacial score (nSPS) is 38.1. The second kappa shape index (κ2) is 6.78. The van der Waals surface area contributed by atoms with Crippen molar-refractivity contribution in [2.75, 3.05) is 0 Å². The summed E-state index contributed by atoms with van der Waals surface area (Å²) in [6.45, 7) is 4.69. The van der Waals surface area contributed by atoms with Gasteiger partial charge in [0.2, 0.25) is 5.91 Å². The summed E-state index contributed by atoms with van der Waals surface area (Å²) in [5, 5.41) is 0.676. The number of hydrogen-bond donors (Lipinski definition) is 0. The van der Waals surface area contributed by atoms with Crippen LogP contribution in [-0.2, 0) is 20.9 Å². The van der Waals surface area contributed by atoms with E-state index in [4.69, 9.17) is 11.6 Å². The quantitative estimate of drug-likeness (QED) is 0.673. The molecular weight excluding hydrogens is 398 g/mol. The lowest BCUT2D eigenvalue weighted by Crippen LogP contribution is -2.57. The third kappa shape index (κ3) is 2.76. The van der Waals surface area contributed by atoms with Gasteiger partial charge in [0.05, 0.1) is 6.54 Å². The zero-order valence-electron chi connectivity index (χ0n) is 17.6. The maximum absolute atomic E-state index is 13.5. The molecule has 5 heteroatoms. The molecule has 2 saturated carbocycles. The number of likely N-dealkylation sites (tertiary alicyclic amines) is 1. The van der Waals surface area contributed by atoms with Gasteiger partial charge in [-0.15, -0.1) is 0 Å². The zero-order chi connectivity index (χ0) is 21.3. The van der Waals surface area contributed by atoms with Crippen LogP contribution in [0.3, 0.4) is 0 Å². The molecule has 5 rings (SSSR count). The fourth-order valence-electron chi connectivity index (χ4n) is 7.01. The van der Waals surface area contributed by atoms with Crippen LogP contribution in [0.2, 0.25) is 5.02 Å². The number of allylic oxidation sites excluding steroid dienone is 2. The van der Waals surface area contributed by atoms with Crippen molar-refractivity contribution in [2.45, 2.75) is 58.9 Å². The molecule has 0 unspecified atom stereocenters. The number of Topliss-reactive ketones (excluding diaryl/α,β-unsaturated/α-hetero) is 2. The summed E-state index contributed by atoms with van der Waals surface area (Å²) in [5.74, 6) is 1.01. The van der Waals surface area contributed by atoms with Crippen LogP contribution < -0.4 is 0 Å². The lowest BCUT2D eigenvalue weighted by atomic mass is 9.49. The second-order valence-corrected chi connectivity index (χ2v) is 10.6. The number of amides is 1. The molecule has 0 aromatic heterocycles. The SMILES string of the molecule is C[C@]12CCC(=O)N(Cc3ccc(Cl)cc3)C1=CC[C@@H]1[C@@H]2C(=O)C[C@]2(C)C(=O)CC[C@@H]12. The summed E-state index contributed by atoms with van der Waals surface area (Å²) < 4.78 is 0. The Hall–Kier alpha value is -1.94. The average Bonchev–Trinajstić information content (AvgIpc) is 3.00. The van der Waals surface area contributed by atoms with Gasteiger partial charge in [-0.3, -0.25) is 14.4 Å². The molecule has 1 amide bonds. The van der Waals surface area contributed by atoms with Gasteiger partial charge in [-0.1, -0.05) is 43.7 Å². The van der Waals surface area contributed by atoms with E-state index in [-0.39, 0.29) is 40.6 Å². The number of fused-ring (bicyclic) bond motifs is 5. The Morgan fingerprint density at radius 3 is 2.53 bits per heavy atom. The molecule has 4 nitrogen and oxygen atoms in total. The molecule has 3 fully saturated rings. The monoisotopic (exact) mass is 425 g/mol. The molecule has 0 radical (unpaired) electrons. The maximum atomic E-state index is 13.5. The van der Waals surface area contributed by atoms with Crippen LogP contribution in [0.5, 0.6) is 0 Å². The molecule has 0 N–H and O–H groups in total. The van der Waals surface area contributed by atoms with Gasteiger partial charge in [0, 0.05) is 46.7 Å². The third-order valence-electron chi connectivity index (χ3n) is 8.53. The number of hydrogen-bond acceptors (Lipinski definition) is 3. The molecule has 158 valence electrons. The number of benzene rings is 1. The maximum Gasteiger partial charge on any atom is 0.227 e. The average molecular weight is 426 g/mol. The summed E-state index contributed by atoms with van der Waals surface area (Å²) in [4.78, 5) is 40.9. The van der Waals surface area contributed by atoms with E-state index < -0.39 is 5.41 Å². The number of carbonyl (C=O) groups excluding carboxylic acids is 3. The molecule has 1 aromatic carbocycles. The van der Waals surface area contributed by atoms with Gasteiger partial charge < -0.3 is 4.90 Å². The first kappa shape index (κ1) is 20.0. The van der Waals surface area contributed by atoms with E-state index in [0.717, 1.165) is 24.1 Å². The Bertz CT molecular complexity index is 967. The first-order valence-corrected chi connectivity index (χ1v) is 11.4. The van der Waals surface area contributed by atoms with Crippen molar-refractivity contribution < 1.29 is 14.4 Å². The minimum Gasteiger partial charge on any atom is -0.312 e. The van der Waals surface area contributed by atoms with Crippen molar-refractivity contribution in [3.8, 4) is 0 Å². The largest absolute Gasteiger partial charge is 0.312 e.